The minimum absolute atomic E-state index is 0.0226. The monoisotopic (exact) mass is 238 g/mol. The van der Waals surface area contributed by atoms with Crippen LogP contribution in [0.3, 0.4) is 0 Å². The van der Waals surface area contributed by atoms with Gasteiger partial charge in [0, 0.05) is 12.6 Å². The predicted octanol–water partition coefficient (Wildman–Crippen LogP) is 1.05. The minimum atomic E-state index is -0.645. The van der Waals surface area contributed by atoms with Crippen molar-refractivity contribution in [2.45, 2.75) is 13.0 Å². The summed E-state index contributed by atoms with van der Waals surface area (Å²) in [7, 11) is 0. The highest BCUT2D eigenvalue weighted by Gasteiger charge is 2.06. The molecule has 17 heavy (non-hydrogen) atoms. The van der Waals surface area contributed by atoms with Crippen LogP contribution in [-0.4, -0.2) is 30.9 Å². The number of aliphatic hydroxyl groups is 1. The van der Waals surface area contributed by atoms with Crippen LogP contribution >= 0.6 is 0 Å². The number of ether oxygens (including phenoxy) is 1. The Hall–Kier alpha value is -1.64. The first kappa shape index (κ1) is 13.4. The number of nitriles is 1. The normalized spacial score (nSPS) is 11.9. The standard InChI is InChI=1S/C12H15FN2O2/c1-2-15-7-10(16)8-17-11-4-3-9(6-14)12(13)5-11/h3-5,10,15-16H,2,7-8H2,1H3. The van der Waals surface area contributed by atoms with Gasteiger partial charge in [-0.1, -0.05) is 6.92 Å². The molecule has 1 aromatic rings. The van der Waals surface area contributed by atoms with Gasteiger partial charge < -0.3 is 15.2 Å². The van der Waals surface area contributed by atoms with Gasteiger partial charge in [0.1, 0.15) is 30.3 Å². The van der Waals surface area contributed by atoms with Gasteiger partial charge in [-0.25, -0.2) is 4.39 Å². The Kier molecular flexibility index (Phi) is 5.40. The van der Waals surface area contributed by atoms with Gasteiger partial charge in [-0.15, -0.1) is 0 Å². The van der Waals surface area contributed by atoms with Gasteiger partial charge in [0.2, 0.25) is 0 Å². The summed E-state index contributed by atoms with van der Waals surface area (Å²) in [6.45, 7) is 3.21. The maximum Gasteiger partial charge on any atom is 0.144 e. The molecule has 0 aliphatic rings. The topological polar surface area (TPSA) is 65.3 Å². The van der Waals surface area contributed by atoms with E-state index in [0.717, 1.165) is 12.6 Å². The molecule has 92 valence electrons. The molecule has 0 spiro atoms. The lowest BCUT2D eigenvalue weighted by molar-refractivity contribution is 0.107. The third-order valence-electron chi connectivity index (χ3n) is 2.13. The smallest absolute Gasteiger partial charge is 0.144 e. The molecular formula is C12H15FN2O2. The van der Waals surface area contributed by atoms with Crippen molar-refractivity contribution in [3.8, 4) is 11.8 Å². The number of likely N-dealkylation sites (N-methyl/N-ethyl adjacent to an activating group) is 1. The lowest BCUT2D eigenvalue weighted by Crippen LogP contribution is -2.31. The summed E-state index contributed by atoms with van der Waals surface area (Å²) in [5.74, 6) is -0.316. The van der Waals surface area contributed by atoms with E-state index in [2.05, 4.69) is 5.32 Å². The zero-order valence-electron chi connectivity index (χ0n) is 9.61. The number of halogens is 1. The van der Waals surface area contributed by atoms with E-state index < -0.39 is 11.9 Å². The molecule has 0 heterocycles. The summed E-state index contributed by atoms with van der Waals surface area (Å²) < 4.78 is 18.4. The summed E-state index contributed by atoms with van der Waals surface area (Å²) in [6.07, 6.45) is -0.645. The van der Waals surface area contributed by atoms with Gasteiger partial charge in [0.05, 0.1) is 5.56 Å². The molecule has 0 saturated heterocycles. The number of rotatable bonds is 6. The average Bonchev–Trinajstić information content (AvgIpc) is 2.34. The first-order valence-corrected chi connectivity index (χ1v) is 5.38. The van der Waals surface area contributed by atoms with Crippen molar-refractivity contribution in [1.29, 1.82) is 5.26 Å². The second-order valence-corrected chi connectivity index (χ2v) is 3.53. The second-order valence-electron chi connectivity index (χ2n) is 3.53. The van der Waals surface area contributed by atoms with Crippen molar-refractivity contribution in [1.82, 2.24) is 5.32 Å². The van der Waals surface area contributed by atoms with Gasteiger partial charge in [-0.3, -0.25) is 0 Å². The molecule has 0 aliphatic carbocycles. The molecule has 0 fully saturated rings. The summed E-state index contributed by atoms with van der Waals surface area (Å²) in [6, 6.07) is 5.71. The molecule has 1 unspecified atom stereocenters. The molecule has 0 amide bonds. The maximum atomic E-state index is 13.2. The van der Waals surface area contributed by atoms with Crippen LogP contribution in [-0.2, 0) is 0 Å². The molecule has 1 atom stereocenters. The highest BCUT2D eigenvalue weighted by molar-refractivity contribution is 5.36. The SMILES string of the molecule is CCNCC(O)COc1ccc(C#N)c(F)c1. The maximum absolute atomic E-state index is 13.2. The lowest BCUT2D eigenvalue weighted by atomic mass is 10.2. The summed E-state index contributed by atoms with van der Waals surface area (Å²) >= 11 is 0. The van der Waals surface area contributed by atoms with Crippen LogP contribution in [0.2, 0.25) is 0 Å². The van der Waals surface area contributed by atoms with Crippen LogP contribution in [0.1, 0.15) is 12.5 Å². The van der Waals surface area contributed by atoms with Crippen LogP contribution in [0.25, 0.3) is 0 Å². The van der Waals surface area contributed by atoms with E-state index in [9.17, 15) is 9.50 Å². The minimum Gasteiger partial charge on any atom is -0.491 e. The van der Waals surface area contributed by atoms with E-state index >= 15 is 0 Å². The Morgan fingerprint density at radius 1 is 1.59 bits per heavy atom. The Balaban J connectivity index is 2.47. The van der Waals surface area contributed by atoms with Gasteiger partial charge in [-0.2, -0.15) is 5.26 Å². The van der Waals surface area contributed by atoms with Gasteiger partial charge in [-0.05, 0) is 18.7 Å². The zero-order valence-corrected chi connectivity index (χ0v) is 9.61. The van der Waals surface area contributed by atoms with Crippen LogP contribution in [0.15, 0.2) is 18.2 Å². The predicted molar refractivity (Wildman–Crippen MR) is 61.2 cm³/mol. The van der Waals surface area contributed by atoms with Crippen LogP contribution < -0.4 is 10.1 Å². The highest BCUT2D eigenvalue weighted by atomic mass is 19.1. The molecule has 2 N–H and O–H groups in total. The molecule has 5 heteroatoms. The number of aliphatic hydroxyl groups excluding tert-OH is 1. The van der Waals surface area contributed by atoms with Gasteiger partial charge in [0.25, 0.3) is 0 Å². The van der Waals surface area contributed by atoms with E-state index in [-0.39, 0.29) is 12.2 Å². The molecule has 0 aliphatic heterocycles. The first-order valence-electron chi connectivity index (χ1n) is 5.38. The van der Waals surface area contributed by atoms with Crippen LogP contribution in [0, 0.1) is 17.1 Å². The summed E-state index contributed by atoms with van der Waals surface area (Å²) in [5.41, 5.74) is -0.0226. The van der Waals surface area contributed by atoms with Crippen molar-refractivity contribution in [3.63, 3.8) is 0 Å². The van der Waals surface area contributed by atoms with Crippen LogP contribution in [0.5, 0.6) is 5.75 Å². The van der Waals surface area contributed by atoms with Crippen molar-refractivity contribution in [3.05, 3.63) is 29.6 Å². The molecule has 1 rings (SSSR count). The fourth-order valence-corrected chi connectivity index (χ4v) is 1.24. The fourth-order valence-electron chi connectivity index (χ4n) is 1.24. The van der Waals surface area contributed by atoms with Crippen molar-refractivity contribution < 1.29 is 14.2 Å². The van der Waals surface area contributed by atoms with Crippen molar-refractivity contribution in [2.24, 2.45) is 0 Å². The number of nitrogens with one attached hydrogen (secondary N) is 1. The Labute approximate surface area is 99.6 Å². The van der Waals surface area contributed by atoms with E-state index in [4.69, 9.17) is 10.00 Å². The molecule has 0 bridgehead atoms. The van der Waals surface area contributed by atoms with Gasteiger partial charge >= 0.3 is 0 Å². The number of nitrogens with zero attached hydrogens (tertiary/aromatic N) is 1. The second kappa shape index (κ2) is 6.84. The third kappa shape index (κ3) is 4.39. The number of hydrogen-bond acceptors (Lipinski definition) is 4. The summed E-state index contributed by atoms with van der Waals surface area (Å²) in [4.78, 5) is 0. The lowest BCUT2D eigenvalue weighted by Gasteiger charge is -2.12. The molecule has 1 aromatic carbocycles. The first-order chi connectivity index (χ1) is 8.17. The summed E-state index contributed by atoms with van der Waals surface area (Å²) in [5, 5.41) is 21.0. The number of hydrogen-bond donors (Lipinski definition) is 2. The zero-order chi connectivity index (χ0) is 12.7. The molecular weight excluding hydrogens is 223 g/mol. The van der Waals surface area contributed by atoms with Crippen molar-refractivity contribution in [2.75, 3.05) is 19.7 Å². The van der Waals surface area contributed by atoms with Crippen molar-refractivity contribution >= 4 is 0 Å². The highest BCUT2D eigenvalue weighted by Crippen LogP contribution is 2.16. The molecule has 0 saturated carbocycles. The fraction of sp³-hybridized carbons (Fsp3) is 0.417. The Morgan fingerprint density at radius 3 is 2.94 bits per heavy atom. The number of benzene rings is 1. The quantitative estimate of drug-likeness (QED) is 0.777. The average molecular weight is 238 g/mol. The molecule has 0 aromatic heterocycles. The van der Waals surface area contributed by atoms with E-state index in [1.807, 2.05) is 6.92 Å². The Bertz CT molecular complexity index is 404. The largest absolute Gasteiger partial charge is 0.491 e. The van der Waals surface area contributed by atoms with E-state index in [0.29, 0.717) is 12.3 Å². The molecule has 4 nitrogen and oxygen atoms in total. The third-order valence-corrected chi connectivity index (χ3v) is 2.13. The van der Waals surface area contributed by atoms with Gasteiger partial charge in [0.15, 0.2) is 0 Å². The van der Waals surface area contributed by atoms with Crippen LogP contribution in [0.4, 0.5) is 4.39 Å². The Morgan fingerprint density at radius 2 is 2.35 bits per heavy atom. The van der Waals surface area contributed by atoms with E-state index in [1.165, 1.54) is 12.1 Å². The molecule has 0 radical (unpaired) electrons. The van der Waals surface area contributed by atoms with E-state index in [1.54, 1.807) is 6.07 Å².